The molecule has 3 N–H and O–H groups in total. The van der Waals surface area contributed by atoms with Crippen LogP contribution in [0.25, 0.3) is 0 Å². The zero-order valence-corrected chi connectivity index (χ0v) is 17.1. The summed E-state index contributed by atoms with van der Waals surface area (Å²) >= 11 is 0. The molecule has 0 radical (unpaired) electrons. The van der Waals surface area contributed by atoms with Crippen molar-refractivity contribution in [1.82, 2.24) is 0 Å². The van der Waals surface area contributed by atoms with Crippen LogP contribution in [-0.2, 0) is 18.0 Å². The Morgan fingerprint density at radius 3 is 2.04 bits per heavy atom. The summed E-state index contributed by atoms with van der Waals surface area (Å²) in [4.78, 5) is 26.1. The van der Waals surface area contributed by atoms with Gasteiger partial charge in [0.15, 0.2) is 0 Å². The number of phosphoric acid groups is 2. The Hall–Kier alpha value is -0.520. The zero-order valence-electron chi connectivity index (χ0n) is 15.3. The van der Waals surface area contributed by atoms with Gasteiger partial charge < -0.3 is 14.7 Å². The molecule has 0 bridgehead atoms. The van der Waals surface area contributed by atoms with Gasteiger partial charge in [0.25, 0.3) is 0 Å². The van der Waals surface area contributed by atoms with E-state index in [2.05, 4.69) is 41.8 Å². The fraction of sp³-hybridized carbons (Fsp3) is 0.625. The maximum absolute atomic E-state index is 11.3. The lowest BCUT2D eigenvalue weighted by molar-refractivity contribution is 0.191. The van der Waals surface area contributed by atoms with Crippen LogP contribution in [0.15, 0.2) is 34.9 Å². The van der Waals surface area contributed by atoms with Crippen molar-refractivity contribution in [3.8, 4) is 0 Å². The van der Waals surface area contributed by atoms with E-state index < -0.39 is 15.6 Å². The Kier molecular flexibility index (Phi) is 11.7. The first-order chi connectivity index (χ1) is 11.4. The number of unbranched alkanes of at least 4 members (excludes halogenated alkanes) is 1. The molecule has 0 aliphatic rings. The summed E-state index contributed by atoms with van der Waals surface area (Å²) in [5.41, 5.74) is 3.65. The monoisotopic (exact) mass is 396 g/mol. The van der Waals surface area contributed by atoms with E-state index in [0.29, 0.717) is 0 Å². The standard InChI is InChI=1S/C16H30O7P2/c1-14(2)8-7-11-15(3)9-5-6-10-16(4)12-13-22-25(20,21)23-24(17,18)19/h8-9,12H,5-7,10-11,13H2,1-4H3,(H,20,21)(H2,17,18,19)/b15-9+,16-12+. The van der Waals surface area contributed by atoms with Crippen LogP contribution in [0.3, 0.4) is 0 Å². The van der Waals surface area contributed by atoms with Gasteiger partial charge in [0.1, 0.15) is 0 Å². The average Bonchev–Trinajstić information content (AvgIpc) is 2.40. The highest BCUT2D eigenvalue weighted by Crippen LogP contribution is 2.57. The summed E-state index contributed by atoms with van der Waals surface area (Å²) in [6.45, 7) is 7.91. The van der Waals surface area contributed by atoms with Crippen molar-refractivity contribution in [2.75, 3.05) is 6.61 Å². The second-order valence-corrected chi connectivity index (χ2v) is 8.98. The van der Waals surface area contributed by atoms with Crippen LogP contribution in [0.2, 0.25) is 0 Å². The summed E-state index contributed by atoms with van der Waals surface area (Å²) in [6, 6.07) is 0. The molecule has 0 aliphatic carbocycles. The number of allylic oxidation sites excluding steroid dienone is 5. The quantitative estimate of drug-likeness (QED) is 0.241. The fourth-order valence-electron chi connectivity index (χ4n) is 1.95. The van der Waals surface area contributed by atoms with Crippen LogP contribution in [0.4, 0.5) is 0 Å². The molecule has 0 heterocycles. The lowest BCUT2D eigenvalue weighted by Gasteiger charge is -2.11. The van der Waals surface area contributed by atoms with Crippen molar-refractivity contribution >= 4 is 15.6 Å². The molecular weight excluding hydrogens is 366 g/mol. The summed E-state index contributed by atoms with van der Waals surface area (Å²) in [6.07, 6.45) is 10.8. The van der Waals surface area contributed by atoms with Crippen molar-refractivity contribution in [3.05, 3.63) is 34.9 Å². The predicted octanol–water partition coefficient (Wildman–Crippen LogP) is 5.02. The number of hydrogen-bond acceptors (Lipinski definition) is 4. The van der Waals surface area contributed by atoms with Crippen LogP contribution in [-0.4, -0.2) is 21.3 Å². The largest absolute Gasteiger partial charge is 0.481 e. The van der Waals surface area contributed by atoms with E-state index in [4.69, 9.17) is 14.7 Å². The highest BCUT2D eigenvalue weighted by Gasteiger charge is 2.31. The minimum atomic E-state index is -5.07. The van der Waals surface area contributed by atoms with Gasteiger partial charge in [-0.2, -0.15) is 4.31 Å². The Labute approximate surface area is 150 Å². The molecule has 7 nitrogen and oxygen atoms in total. The van der Waals surface area contributed by atoms with Gasteiger partial charge in [-0.3, -0.25) is 4.52 Å². The van der Waals surface area contributed by atoms with E-state index in [9.17, 15) is 9.13 Å². The van der Waals surface area contributed by atoms with Crippen LogP contribution >= 0.6 is 15.6 Å². The molecule has 146 valence electrons. The van der Waals surface area contributed by atoms with Gasteiger partial charge in [0.2, 0.25) is 0 Å². The van der Waals surface area contributed by atoms with E-state index in [1.807, 2.05) is 6.92 Å². The first kappa shape index (κ1) is 24.5. The van der Waals surface area contributed by atoms with Gasteiger partial charge in [-0.05, 0) is 59.8 Å². The van der Waals surface area contributed by atoms with Crippen LogP contribution in [0, 0.1) is 0 Å². The van der Waals surface area contributed by atoms with Gasteiger partial charge in [0, 0.05) is 0 Å². The number of rotatable bonds is 12. The molecule has 0 aromatic heterocycles. The van der Waals surface area contributed by atoms with Gasteiger partial charge >= 0.3 is 15.6 Å². The molecule has 0 spiro atoms. The minimum absolute atomic E-state index is 0.253. The first-order valence-corrected chi connectivity index (χ1v) is 11.1. The predicted molar refractivity (Wildman–Crippen MR) is 98.9 cm³/mol. The van der Waals surface area contributed by atoms with E-state index in [1.165, 1.54) is 11.1 Å². The Balaban J connectivity index is 4.08. The minimum Gasteiger partial charge on any atom is -0.302 e. The van der Waals surface area contributed by atoms with Crippen LogP contribution < -0.4 is 0 Å². The van der Waals surface area contributed by atoms with Gasteiger partial charge in [0.05, 0.1) is 6.61 Å². The second-order valence-electron chi connectivity index (χ2n) is 6.15. The van der Waals surface area contributed by atoms with Crippen molar-refractivity contribution in [1.29, 1.82) is 0 Å². The van der Waals surface area contributed by atoms with Gasteiger partial charge in [-0.15, -0.1) is 0 Å². The highest BCUT2D eigenvalue weighted by atomic mass is 31.3. The number of phosphoric ester groups is 1. The fourth-order valence-corrected chi connectivity index (χ4v) is 3.48. The smallest absolute Gasteiger partial charge is 0.302 e. The van der Waals surface area contributed by atoms with Crippen molar-refractivity contribution < 1.29 is 32.6 Å². The third-order valence-corrected chi connectivity index (χ3v) is 5.39. The first-order valence-electron chi connectivity index (χ1n) is 8.10. The second kappa shape index (κ2) is 12.0. The Morgan fingerprint density at radius 1 is 0.880 bits per heavy atom. The zero-order chi connectivity index (χ0) is 19.5. The SMILES string of the molecule is CC(C)=CCC/C(C)=C/CCC/C(C)=C/COP(=O)(O)OP(=O)(O)O. The molecule has 0 aromatic rings. The van der Waals surface area contributed by atoms with E-state index in [0.717, 1.165) is 37.7 Å². The molecule has 0 saturated heterocycles. The van der Waals surface area contributed by atoms with E-state index >= 15 is 0 Å². The van der Waals surface area contributed by atoms with E-state index in [-0.39, 0.29) is 6.61 Å². The molecule has 0 aliphatic heterocycles. The molecule has 9 heteroatoms. The van der Waals surface area contributed by atoms with Crippen LogP contribution in [0.1, 0.15) is 59.8 Å². The maximum atomic E-state index is 11.3. The van der Waals surface area contributed by atoms with E-state index in [1.54, 1.807) is 6.08 Å². The molecular formula is C16H30O7P2. The summed E-state index contributed by atoms with van der Waals surface area (Å²) < 4.78 is 29.9. The molecule has 1 atom stereocenters. The molecule has 0 rings (SSSR count). The molecule has 0 amide bonds. The summed E-state index contributed by atoms with van der Waals surface area (Å²) in [5, 5.41) is 0. The lowest BCUT2D eigenvalue weighted by Crippen LogP contribution is -1.94. The third kappa shape index (κ3) is 16.7. The molecule has 0 saturated carbocycles. The average molecular weight is 396 g/mol. The molecule has 1 unspecified atom stereocenters. The molecule has 25 heavy (non-hydrogen) atoms. The molecule has 0 fully saturated rings. The highest BCUT2D eigenvalue weighted by molar-refractivity contribution is 7.60. The maximum Gasteiger partial charge on any atom is 0.481 e. The van der Waals surface area contributed by atoms with Gasteiger partial charge in [-0.25, -0.2) is 9.13 Å². The van der Waals surface area contributed by atoms with Crippen LogP contribution in [0.5, 0.6) is 0 Å². The summed E-state index contributed by atoms with van der Waals surface area (Å²) in [5.74, 6) is 0. The number of hydrogen-bond donors (Lipinski definition) is 3. The topological polar surface area (TPSA) is 113 Å². The van der Waals surface area contributed by atoms with Crippen molar-refractivity contribution in [2.24, 2.45) is 0 Å². The third-order valence-electron chi connectivity index (χ3n) is 3.24. The van der Waals surface area contributed by atoms with Gasteiger partial charge in [-0.1, -0.05) is 34.9 Å². The Morgan fingerprint density at radius 2 is 1.48 bits per heavy atom. The Bertz CT molecular complexity index is 583. The summed E-state index contributed by atoms with van der Waals surface area (Å²) in [7, 11) is -9.82. The lowest BCUT2D eigenvalue weighted by atomic mass is 10.1. The normalized spacial score (nSPS) is 15.8. The van der Waals surface area contributed by atoms with Crippen molar-refractivity contribution in [2.45, 2.75) is 59.8 Å². The van der Waals surface area contributed by atoms with Crippen molar-refractivity contribution in [3.63, 3.8) is 0 Å². The molecule has 0 aromatic carbocycles.